The van der Waals surface area contributed by atoms with Gasteiger partial charge in [0.2, 0.25) is 0 Å². The Morgan fingerprint density at radius 1 is 1.14 bits per heavy atom. The largest absolute Gasteiger partial charge is 0.493 e. The van der Waals surface area contributed by atoms with Gasteiger partial charge in [0.1, 0.15) is 18.2 Å². The molecule has 0 bridgehead atoms. The minimum absolute atomic E-state index is 0.0610. The summed E-state index contributed by atoms with van der Waals surface area (Å²) in [5.74, 6) is -1.28. The molecule has 0 heterocycles. The Bertz CT molecular complexity index is 1410. The van der Waals surface area contributed by atoms with Crippen molar-refractivity contribution < 1.29 is 37.3 Å². The minimum atomic E-state index is -4.58. The second kappa shape index (κ2) is 11.8. The van der Waals surface area contributed by atoms with Crippen LogP contribution in [0.5, 0.6) is 11.5 Å². The van der Waals surface area contributed by atoms with Crippen LogP contribution in [0.2, 0.25) is 0 Å². The lowest BCUT2D eigenvalue weighted by Crippen LogP contribution is -2.14. The predicted octanol–water partition coefficient (Wildman–Crippen LogP) is 6.14. The first-order valence-electron chi connectivity index (χ1n) is 10.4. The number of amides is 1. The fourth-order valence-electron chi connectivity index (χ4n) is 3.20. The van der Waals surface area contributed by atoms with Crippen molar-refractivity contribution in [2.45, 2.75) is 12.8 Å². The van der Waals surface area contributed by atoms with Gasteiger partial charge in [0, 0.05) is 5.69 Å². The van der Waals surface area contributed by atoms with Crippen LogP contribution in [0, 0.1) is 14.9 Å². The number of rotatable bonds is 8. The van der Waals surface area contributed by atoms with E-state index in [2.05, 4.69) is 5.32 Å². The molecule has 0 aromatic heterocycles. The lowest BCUT2D eigenvalue weighted by Gasteiger charge is -2.14. The molecular weight excluding hydrogens is 604 g/mol. The Hall–Kier alpha value is -4.05. The van der Waals surface area contributed by atoms with Crippen molar-refractivity contribution in [2.24, 2.45) is 0 Å². The van der Waals surface area contributed by atoms with Crippen molar-refractivity contribution in [3.8, 4) is 17.6 Å². The van der Waals surface area contributed by atoms with E-state index < -0.39 is 23.6 Å². The maximum Gasteiger partial charge on any atom is 0.416 e. The van der Waals surface area contributed by atoms with Gasteiger partial charge in [0.05, 0.1) is 21.8 Å². The quantitative estimate of drug-likeness (QED) is 0.178. The van der Waals surface area contributed by atoms with Gasteiger partial charge in [-0.25, -0.2) is 4.79 Å². The van der Waals surface area contributed by atoms with Crippen LogP contribution in [0.1, 0.15) is 27.0 Å². The fourth-order valence-corrected chi connectivity index (χ4v) is 3.98. The molecule has 2 N–H and O–H groups in total. The van der Waals surface area contributed by atoms with Crippen molar-refractivity contribution in [1.29, 1.82) is 5.26 Å². The number of anilines is 1. The molecule has 11 heteroatoms. The summed E-state index contributed by atoms with van der Waals surface area (Å²) in [6.07, 6.45) is -3.31. The van der Waals surface area contributed by atoms with Gasteiger partial charge in [-0.1, -0.05) is 18.2 Å². The SMILES string of the molecule is COc1cc(/C=C(/C#N)C(=O)Nc2cccc(C(F)(F)F)c2)cc(I)c1OCc1cccc(C(=O)O)c1. The number of hydrogen-bond acceptors (Lipinski definition) is 5. The van der Waals surface area contributed by atoms with E-state index in [1.807, 2.05) is 22.6 Å². The monoisotopic (exact) mass is 622 g/mol. The van der Waals surface area contributed by atoms with Crippen LogP contribution in [-0.4, -0.2) is 24.1 Å². The summed E-state index contributed by atoms with van der Waals surface area (Å²) in [7, 11) is 1.41. The normalized spacial score (nSPS) is 11.4. The molecule has 37 heavy (non-hydrogen) atoms. The summed E-state index contributed by atoms with van der Waals surface area (Å²) >= 11 is 1.98. The number of carbonyl (C=O) groups is 2. The van der Waals surface area contributed by atoms with E-state index in [0.717, 1.165) is 18.2 Å². The molecule has 0 spiro atoms. The molecular formula is C26H18F3IN2O5. The summed E-state index contributed by atoms with van der Waals surface area (Å²) < 4.78 is 50.6. The highest BCUT2D eigenvalue weighted by Crippen LogP contribution is 2.35. The zero-order valence-electron chi connectivity index (χ0n) is 19.1. The first-order chi connectivity index (χ1) is 17.5. The number of methoxy groups -OCH3 is 1. The number of halogens is 4. The molecule has 0 atom stereocenters. The average Bonchev–Trinajstić information content (AvgIpc) is 2.86. The number of carbonyl (C=O) groups excluding carboxylic acids is 1. The molecule has 0 aliphatic carbocycles. The van der Waals surface area contributed by atoms with E-state index in [1.165, 1.54) is 37.5 Å². The van der Waals surface area contributed by atoms with Gasteiger partial charge in [0.25, 0.3) is 5.91 Å². The molecule has 0 aliphatic rings. The van der Waals surface area contributed by atoms with E-state index in [9.17, 15) is 28.0 Å². The third kappa shape index (κ3) is 7.23. The average molecular weight is 622 g/mol. The Morgan fingerprint density at radius 2 is 1.86 bits per heavy atom. The van der Waals surface area contributed by atoms with Crippen molar-refractivity contribution in [3.05, 3.63) is 92.1 Å². The standard InChI is InChI=1S/C26H18F3IN2O5/c1-36-22-11-16(10-21(30)23(22)37-14-15-4-2-5-17(8-15)25(34)35)9-18(13-31)24(33)32-20-7-3-6-19(12-20)26(27,28)29/h2-12H,14H2,1H3,(H,32,33)(H,34,35)/b18-9-. The molecule has 190 valence electrons. The van der Waals surface area contributed by atoms with Gasteiger partial charge in [-0.3, -0.25) is 4.79 Å². The molecule has 0 saturated carbocycles. The highest BCUT2D eigenvalue weighted by atomic mass is 127. The summed E-state index contributed by atoms with van der Waals surface area (Å²) in [6, 6.07) is 15.3. The number of benzene rings is 3. The lowest BCUT2D eigenvalue weighted by atomic mass is 10.1. The van der Waals surface area contributed by atoms with Gasteiger partial charge in [0.15, 0.2) is 11.5 Å². The molecule has 0 aliphatic heterocycles. The first kappa shape index (κ1) is 27.5. The zero-order valence-corrected chi connectivity index (χ0v) is 21.3. The number of alkyl halides is 3. The molecule has 0 saturated heterocycles. The van der Waals surface area contributed by atoms with E-state index in [0.29, 0.717) is 26.2 Å². The number of nitrogens with zero attached hydrogens (tertiary/aromatic N) is 1. The molecule has 1 amide bonds. The van der Waals surface area contributed by atoms with Crippen molar-refractivity contribution in [3.63, 3.8) is 0 Å². The molecule has 0 radical (unpaired) electrons. The van der Waals surface area contributed by atoms with Gasteiger partial charge in [-0.15, -0.1) is 0 Å². The lowest BCUT2D eigenvalue weighted by molar-refractivity contribution is -0.137. The summed E-state index contributed by atoms with van der Waals surface area (Å²) in [6.45, 7) is 0.0610. The summed E-state index contributed by atoms with van der Waals surface area (Å²) in [4.78, 5) is 23.7. The zero-order chi connectivity index (χ0) is 27.2. The smallest absolute Gasteiger partial charge is 0.416 e. The van der Waals surface area contributed by atoms with Crippen LogP contribution >= 0.6 is 22.6 Å². The fraction of sp³-hybridized carbons (Fsp3) is 0.115. The second-order valence-corrected chi connectivity index (χ2v) is 8.69. The number of carboxylic acid groups (broad SMARTS) is 1. The molecule has 7 nitrogen and oxygen atoms in total. The Morgan fingerprint density at radius 3 is 2.51 bits per heavy atom. The number of aromatic carboxylic acids is 1. The van der Waals surface area contributed by atoms with Crippen LogP contribution in [0.15, 0.2) is 66.2 Å². The number of carboxylic acids is 1. The van der Waals surface area contributed by atoms with Gasteiger partial charge >= 0.3 is 12.1 Å². The van der Waals surface area contributed by atoms with E-state index >= 15 is 0 Å². The number of nitriles is 1. The van der Waals surface area contributed by atoms with Crippen LogP contribution < -0.4 is 14.8 Å². The number of ether oxygens (including phenoxy) is 2. The minimum Gasteiger partial charge on any atom is -0.493 e. The van der Waals surface area contributed by atoms with Crippen molar-refractivity contribution in [1.82, 2.24) is 0 Å². The first-order valence-corrected chi connectivity index (χ1v) is 11.5. The Labute approximate surface area is 223 Å². The number of hydrogen-bond donors (Lipinski definition) is 2. The number of nitrogens with one attached hydrogen (secondary N) is 1. The third-order valence-electron chi connectivity index (χ3n) is 4.93. The summed E-state index contributed by atoms with van der Waals surface area (Å²) in [5, 5.41) is 20.9. The molecule has 0 unspecified atom stereocenters. The highest BCUT2D eigenvalue weighted by Gasteiger charge is 2.30. The molecule has 3 aromatic carbocycles. The molecule has 0 fully saturated rings. The van der Waals surface area contributed by atoms with Crippen molar-refractivity contribution in [2.75, 3.05) is 12.4 Å². The highest BCUT2D eigenvalue weighted by molar-refractivity contribution is 14.1. The predicted molar refractivity (Wildman–Crippen MR) is 137 cm³/mol. The Balaban J connectivity index is 1.82. The van der Waals surface area contributed by atoms with Crippen LogP contribution in [0.25, 0.3) is 6.08 Å². The van der Waals surface area contributed by atoms with E-state index in [4.69, 9.17) is 14.6 Å². The van der Waals surface area contributed by atoms with Crippen LogP contribution in [0.3, 0.4) is 0 Å². The van der Waals surface area contributed by atoms with Crippen LogP contribution in [-0.2, 0) is 17.6 Å². The third-order valence-corrected chi connectivity index (χ3v) is 5.73. The van der Waals surface area contributed by atoms with Crippen LogP contribution in [0.4, 0.5) is 18.9 Å². The topological polar surface area (TPSA) is 109 Å². The maximum absolute atomic E-state index is 12.9. The molecule has 3 aromatic rings. The Kier molecular flexibility index (Phi) is 8.77. The van der Waals surface area contributed by atoms with E-state index in [1.54, 1.807) is 24.3 Å². The van der Waals surface area contributed by atoms with Crippen molar-refractivity contribution >= 4 is 46.2 Å². The van der Waals surface area contributed by atoms with Gasteiger partial charge in [-0.2, -0.15) is 18.4 Å². The second-order valence-electron chi connectivity index (χ2n) is 7.53. The van der Waals surface area contributed by atoms with Gasteiger partial charge < -0.3 is 19.9 Å². The van der Waals surface area contributed by atoms with Gasteiger partial charge in [-0.05, 0) is 82.3 Å². The maximum atomic E-state index is 12.9. The summed E-state index contributed by atoms with van der Waals surface area (Å²) in [5.41, 5.74) is -0.219. The van der Waals surface area contributed by atoms with E-state index in [-0.39, 0.29) is 23.4 Å². The molecule has 3 rings (SSSR count).